The first kappa shape index (κ1) is 16.4. The van der Waals surface area contributed by atoms with Crippen molar-refractivity contribution < 1.29 is 0 Å². The Labute approximate surface area is 137 Å². The van der Waals surface area contributed by atoms with Crippen LogP contribution in [0.15, 0.2) is 60.7 Å². The third-order valence-corrected chi connectivity index (χ3v) is 3.98. The van der Waals surface area contributed by atoms with Crippen LogP contribution in [-0.4, -0.2) is 29.7 Å². The minimum atomic E-state index is 0.311. The molecule has 2 aromatic carbocycles. The lowest BCUT2D eigenvalue weighted by Gasteiger charge is -2.31. The Hall–Kier alpha value is -1.02. The Morgan fingerprint density at radius 2 is 1.29 bits per heavy atom. The predicted octanol–water partition coefficient (Wildman–Crippen LogP) is 4.75. The maximum Gasteiger partial charge on any atom is 0.0389 e. The zero-order chi connectivity index (χ0) is 14.9. The smallest absolute Gasteiger partial charge is 0.0389 e. The Bertz CT molecular complexity index is 495. The molecule has 0 N–H and O–H groups in total. The van der Waals surface area contributed by atoms with E-state index in [1.807, 2.05) is 0 Å². The molecule has 2 rings (SSSR count). The number of hydrogen-bond acceptors (Lipinski definition) is 1. The van der Waals surface area contributed by atoms with Crippen LogP contribution in [0.2, 0.25) is 0 Å². The van der Waals surface area contributed by atoms with E-state index >= 15 is 0 Å². The molecular formula is C18H21Cl2N. The second-order valence-electron chi connectivity index (χ2n) is 5.03. The molecule has 0 bridgehead atoms. The number of rotatable bonds is 8. The van der Waals surface area contributed by atoms with E-state index in [4.69, 9.17) is 23.2 Å². The summed E-state index contributed by atoms with van der Waals surface area (Å²) in [5, 5.41) is 0. The highest BCUT2D eigenvalue weighted by atomic mass is 35.5. The van der Waals surface area contributed by atoms with E-state index in [0.717, 1.165) is 19.5 Å². The lowest BCUT2D eigenvalue weighted by molar-refractivity contribution is 0.220. The summed E-state index contributed by atoms with van der Waals surface area (Å²) in [5.41, 5.74) is 2.65. The average molecular weight is 322 g/mol. The molecule has 1 nitrogen and oxygen atoms in total. The second-order valence-corrected chi connectivity index (χ2v) is 5.79. The molecule has 1 unspecified atom stereocenters. The average Bonchev–Trinajstić information content (AvgIpc) is 2.54. The summed E-state index contributed by atoms with van der Waals surface area (Å²) in [6.07, 6.45) is 0.971. The van der Waals surface area contributed by atoms with Crippen LogP contribution in [0.25, 0.3) is 0 Å². The summed E-state index contributed by atoms with van der Waals surface area (Å²) in [6.45, 7) is 1.70. The van der Waals surface area contributed by atoms with Crippen molar-refractivity contribution in [1.82, 2.24) is 4.90 Å². The van der Waals surface area contributed by atoms with Crippen molar-refractivity contribution in [3.63, 3.8) is 0 Å². The quantitative estimate of drug-likeness (QED) is 0.634. The number of halogens is 2. The normalized spacial score (nSPS) is 12.5. The van der Waals surface area contributed by atoms with Crippen LogP contribution in [0.5, 0.6) is 0 Å². The molecule has 0 radical (unpaired) electrons. The SMILES string of the molecule is ClCCN(CCCl)C(Cc1ccccc1)c1ccccc1. The molecule has 2 aromatic rings. The van der Waals surface area contributed by atoms with Gasteiger partial charge in [-0.15, -0.1) is 23.2 Å². The van der Waals surface area contributed by atoms with E-state index < -0.39 is 0 Å². The first-order valence-corrected chi connectivity index (χ1v) is 8.37. The van der Waals surface area contributed by atoms with Gasteiger partial charge in [0.05, 0.1) is 0 Å². The molecule has 0 amide bonds. The van der Waals surface area contributed by atoms with Crippen LogP contribution in [0, 0.1) is 0 Å². The minimum absolute atomic E-state index is 0.311. The minimum Gasteiger partial charge on any atom is -0.294 e. The fourth-order valence-electron chi connectivity index (χ4n) is 2.61. The van der Waals surface area contributed by atoms with Crippen LogP contribution >= 0.6 is 23.2 Å². The van der Waals surface area contributed by atoms with Crippen LogP contribution in [0.1, 0.15) is 17.2 Å². The Morgan fingerprint density at radius 1 is 0.762 bits per heavy atom. The Morgan fingerprint density at radius 3 is 1.81 bits per heavy atom. The van der Waals surface area contributed by atoms with Gasteiger partial charge < -0.3 is 0 Å². The van der Waals surface area contributed by atoms with Crippen LogP contribution in [-0.2, 0) is 6.42 Å². The summed E-state index contributed by atoms with van der Waals surface area (Å²) in [5.74, 6) is 1.24. The van der Waals surface area contributed by atoms with E-state index in [0.29, 0.717) is 17.8 Å². The van der Waals surface area contributed by atoms with Gasteiger partial charge in [0.2, 0.25) is 0 Å². The van der Waals surface area contributed by atoms with Crippen molar-refractivity contribution in [3.8, 4) is 0 Å². The molecule has 0 saturated heterocycles. The summed E-state index contributed by atoms with van der Waals surface area (Å²) in [6, 6.07) is 21.5. The standard InChI is InChI=1S/C18H21Cl2N/c19-11-13-21(14-12-20)18(17-9-5-2-6-10-17)15-16-7-3-1-4-8-16/h1-10,18H,11-15H2. The van der Waals surface area contributed by atoms with Gasteiger partial charge in [0.15, 0.2) is 0 Å². The highest BCUT2D eigenvalue weighted by molar-refractivity contribution is 6.18. The first-order chi connectivity index (χ1) is 10.3. The van der Waals surface area contributed by atoms with Crippen LogP contribution in [0.4, 0.5) is 0 Å². The molecule has 112 valence electrons. The fourth-order valence-corrected chi connectivity index (χ4v) is 3.05. The number of alkyl halides is 2. The summed E-state index contributed by atoms with van der Waals surface area (Å²) in [7, 11) is 0. The van der Waals surface area contributed by atoms with Gasteiger partial charge in [0, 0.05) is 30.9 Å². The monoisotopic (exact) mass is 321 g/mol. The number of benzene rings is 2. The van der Waals surface area contributed by atoms with Crippen molar-refractivity contribution in [2.75, 3.05) is 24.8 Å². The van der Waals surface area contributed by atoms with Crippen molar-refractivity contribution in [2.24, 2.45) is 0 Å². The van der Waals surface area contributed by atoms with Gasteiger partial charge >= 0.3 is 0 Å². The first-order valence-electron chi connectivity index (χ1n) is 7.30. The molecule has 0 aromatic heterocycles. The van der Waals surface area contributed by atoms with E-state index in [1.165, 1.54) is 11.1 Å². The molecule has 0 heterocycles. The van der Waals surface area contributed by atoms with Crippen molar-refractivity contribution >= 4 is 23.2 Å². The Kier molecular flexibility index (Phi) is 7.08. The van der Waals surface area contributed by atoms with Gasteiger partial charge in [0.1, 0.15) is 0 Å². The van der Waals surface area contributed by atoms with Gasteiger partial charge in [-0.2, -0.15) is 0 Å². The van der Waals surface area contributed by atoms with Gasteiger partial charge in [-0.3, -0.25) is 4.90 Å². The van der Waals surface area contributed by atoms with Crippen LogP contribution < -0.4 is 0 Å². The number of hydrogen-bond donors (Lipinski definition) is 0. The van der Waals surface area contributed by atoms with E-state index in [9.17, 15) is 0 Å². The molecule has 0 saturated carbocycles. The van der Waals surface area contributed by atoms with Gasteiger partial charge in [0.25, 0.3) is 0 Å². The summed E-state index contributed by atoms with van der Waals surface area (Å²) in [4.78, 5) is 2.38. The van der Waals surface area contributed by atoms with E-state index in [-0.39, 0.29) is 0 Å². The maximum absolute atomic E-state index is 5.98. The summed E-state index contributed by atoms with van der Waals surface area (Å²) < 4.78 is 0. The third-order valence-electron chi connectivity index (χ3n) is 3.64. The van der Waals surface area contributed by atoms with Gasteiger partial charge in [-0.1, -0.05) is 60.7 Å². The molecule has 0 aliphatic rings. The molecule has 0 aliphatic carbocycles. The molecule has 21 heavy (non-hydrogen) atoms. The lowest BCUT2D eigenvalue weighted by Crippen LogP contribution is -2.33. The molecule has 3 heteroatoms. The van der Waals surface area contributed by atoms with Crippen molar-refractivity contribution in [1.29, 1.82) is 0 Å². The fraction of sp³-hybridized carbons (Fsp3) is 0.333. The molecule has 0 spiro atoms. The highest BCUT2D eigenvalue weighted by Gasteiger charge is 2.19. The topological polar surface area (TPSA) is 3.24 Å². The zero-order valence-electron chi connectivity index (χ0n) is 12.1. The predicted molar refractivity (Wildman–Crippen MR) is 92.3 cm³/mol. The lowest BCUT2D eigenvalue weighted by atomic mass is 9.97. The van der Waals surface area contributed by atoms with E-state index in [2.05, 4.69) is 65.6 Å². The summed E-state index contributed by atoms with van der Waals surface area (Å²) >= 11 is 12.0. The second kappa shape index (κ2) is 9.09. The largest absolute Gasteiger partial charge is 0.294 e. The van der Waals surface area contributed by atoms with Gasteiger partial charge in [-0.25, -0.2) is 0 Å². The molecule has 0 aliphatic heterocycles. The number of nitrogens with zero attached hydrogens (tertiary/aromatic N) is 1. The molecule has 0 fully saturated rings. The highest BCUT2D eigenvalue weighted by Crippen LogP contribution is 2.25. The maximum atomic E-state index is 5.98. The van der Waals surface area contributed by atoms with Crippen molar-refractivity contribution in [2.45, 2.75) is 12.5 Å². The third kappa shape index (κ3) is 5.03. The zero-order valence-corrected chi connectivity index (χ0v) is 13.6. The van der Waals surface area contributed by atoms with Crippen molar-refractivity contribution in [3.05, 3.63) is 71.8 Å². The molecular weight excluding hydrogens is 301 g/mol. The Balaban J connectivity index is 2.24. The molecule has 1 atom stereocenters. The van der Waals surface area contributed by atoms with Crippen LogP contribution in [0.3, 0.4) is 0 Å². The van der Waals surface area contributed by atoms with E-state index in [1.54, 1.807) is 0 Å². The van der Waals surface area contributed by atoms with Gasteiger partial charge in [-0.05, 0) is 17.5 Å².